The SMILES string of the molecule is CC1C[C@H](C)C(C)C(C)C1C. The van der Waals surface area contributed by atoms with Crippen LogP contribution in [0.1, 0.15) is 41.0 Å². The molecule has 0 nitrogen and oxygen atoms in total. The summed E-state index contributed by atoms with van der Waals surface area (Å²) in [5, 5.41) is 0. The molecule has 0 aliphatic heterocycles. The van der Waals surface area contributed by atoms with Gasteiger partial charge in [-0.3, -0.25) is 0 Å². The van der Waals surface area contributed by atoms with Crippen molar-refractivity contribution in [1.29, 1.82) is 0 Å². The van der Waals surface area contributed by atoms with E-state index in [-0.39, 0.29) is 0 Å². The van der Waals surface area contributed by atoms with Crippen LogP contribution in [0.2, 0.25) is 0 Å². The molecule has 0 aromatic rings. The predicted molar refractivity (Wildman–Crippen MR) is 50.4 cm³/mol. The molecule has 1 fully saturated rings. The first-order valence-electron chi connectivity index (χ1n) is 5.04. The van der Waals surface area contributed by atoms with E-state index in [0.717, 1.165) is 29.6 Å². The Labute approximate surface area is 71.4 Å². The largest absolute Gasteiger partial charge is 0.0622 e. The first-order chi connectivity index (χ1) is 5.04. The van der Waals surface area contributed by atoms with E-state index in [2.05, 4.69) is 34.6 Å². The van der Waals surface area contributed by atoms with Crippen molar-refractivity contribution >= 4 is 0 Å². The lowest BCUT2D eigenvalue weighted by Gasteiger charge is -2.41. The molecule has 1 aliphatic rings. The Balaban J connectivity index is 2.63. The van der Waals surface area contributed by atoms with E-state index in [0.29, 0.717) is 0 Å². The first-order valence-corrected chi connectivity index (χ1v) is 5.04. The predicted octanol–water partition coefficient (Wildman–Crippen LogP) is 3.57. The van der Waals surface area contributed by atoms with Crippen LogP contribution in [0.3, 0.4) is 0 Å². The molecular weight excluding hydrogens is 132 g/mol. The Bertz CT molecular complexity index is 114. The second kappa shape index (κ2) is 3.16. The summed E-state index contributed by atoms with van der Waals surface area (Å²) < 4.78 is 0. The zero-order chi connectivity index (χ0) is 8.59. The summed E-state index contributed by atoms with van der Waals surface area (Å²) in [6.45, 7) is 12.1. The molecule has 0 radical (unpaired) electrons. The average molecular weight is 154 g/mol. The monoisotopic (exact) mass is 154 g/mol. The third-order valence-electron chi connectivity index (χ3n) is 4.20. The molecule has 0 N–H and O–H groups in total. The van der Waals surface area contributed by atoms with Gasteiger partial charge in [-0.2, -0.15) is 0 Å². The molecule has 1 saturated carbocycles. The number of rotatable bonds is 0. The van der Waals surface area contributed by atoms with Gasteiger partial charge in [0.25, 0.3) is 0 Å². The van der Waals surface area contributed by atoms with Crippen molar-refractivity contribution in [2.75, 3.05) is 0 Å². The van der Waals surface area contributed by atoms with Crippen molar-refractivity contribution in [3.63, 3.8) is 0 Å². The Hall–Kier alpha value is 0. The van der Waals surface area contributed by atoms with E-state index in [1.54, 1.807) is 0 Å². The lowest BCUT2D eigenvalue weighted by atomic mass is 9.65. The highest BCUT2D eigenvalue weighted by Crippen LogP contribution is 2.41. The Morgan fingerprint density at radius 1 is 0.636 bits per heavy atom. The molecule has 0 aromatic carbocycles. The second-order valence-electron chi connectivity index (χ2n) is 4.77. The van der Waals surface area contributed by atoms with Crippen molar-refractivity contribution in [1.82, 2.24) is 0 Å². The molecule has 0 saturated heterocycles. The van der Waals surface area contributed by atoms with E-state index >= 15 is 0 Å². The van der Waals surface area contributed by atoms with E-state index < -0.39 is 0 Å². The van der Waals surface area contributed by atoms with Gasteiger partial charge < -0.3 is 0 Å². The van der Waals surface area contributed by atoms with E-state index in [1.807, 2.05) is 0 Å². The van der Waals surface area contributed by atoms with E-state index in [1.165, 1.54) is 6.42 Å². The standard InChI is InChI=1S/C11H22/c1-7-6-8(2)10(4)11(5)9(7)3/h7-11H,6H2,1-5H3/t7-,8?,9?,10?,11?/m0/s1. The van der Waals surface area contributed by atoms with Crippen LogP contribution in [0.15, 0.2) is 0 Å². The maximum Gasteiger partial charge on any atom is -0.0386 e. The second-order valence-corrected chi connectivity index (χ2v) is 4.77. The van der Waals surface area contributed by atoms with Gasteiger partial charge in [-0.1, -0.05) is 34.6 Å². The molecule has 66 valence electrons. The third-order valence-corrected chi connectivity index (χ3v) is 4.20. The molecule has 5 atom stereocenters. The van der Waals surface area contributed by atoms with Crippen LogP contribution in [0.25, 0.3) is 0 Å². The number of hydrogen-bond acceptors (Lipinski definition) is 0. The molecule has 4 unspecified atom stereocenters. The maximum absolute atomic E-state index is 2.42. The van der Waals surface area contributed by atoms with Gasteiger partial charge in [0.1, 0.15) is 0 Å². The molecule has 0 spiro atoms. The lowest BCUT2D eigenvalue weighted by molar-refractivity contribution is 0.0855. The summed E-state index contributed by atoms with van der Waals surface area (Å²) in [4.78, 5) is 0. The van der Waals surface area contributed by atoms with Gasteiger partial charge in [-0.05, 0) is 36.0 Å². The van der Waals surface area contributed by atoms with Gasteiger partial charge in [-0.15, -0.1) is 0 Å². The summed E-state index contributed by atoms with van der Waals surface area (Å²) in [5.74, 6) is 4.67. The molecule has 0 heteroatoms. The van der Waals surface area contributed by atoms with Crippen LogP contribution in [0.4, 0.5) is 0 Å². The summed E-state index contributed by atoms with van der Waals surface area (Å²) in [6, 6.07) is 0. The van der Waals surface area contributed by atoms with Crippen molar-refractivity contribution in [2.24, 2.45) is 29.6 Å². The summed E-state index contributed by atoms with van der Waals surface area (Å²) in [7, 11) is 0. The first kappa shape index (κ1) is 9.09. The van der Waals surface area contributed by atoms with Gasteiger partial charge in [0.05, 0.1) is 0 Å². The van der Waals surface area contributed by atoms with Crippen LogP contribution >= 0.6 is 0 Å². The fourth-order valence-electron chi connectivity index (χ4n) is 2.53. The Kier molecular flexibility index (Phi) is 2.61. The Morgan fingerprint density at radius 3 is 1.36 bits per heavy atom. The van der Waals surface area contributed by atoms with E-state index in [9.17, 15) is 0 Å². The normalized spacial score (nSPS) is 52.6. The molecule has 1 aliphatic carbocycles. The van der Waals surface area contributed by atoms with Gasteiger partial charge in [0.15, 0.2) is 0 Å². The quantitative estimate of drug-likeness (QED) is 0.500. The van der Waals surface area contributed by atoms with Gasteiger partial charge in [0, 0.05) is 0 Å². The number of hydrogen-bond donors (Lipinski definition) is 0. The molecule has 0 heterocycles. The van der Waals surface area contributed by atoms with Crippen molar-refractivity contribution in [2.45, 2.75) is 41.0 Å². The third kappa shape index (κ3) is 1.60. The molecule has 0 amide bonds. The zero-order valence-corrected chi connectivity index (χ0v) is 8.59. The van der Waals surface area contributed by atoms with Crippen molar-refractivity contribution in [3.05, 3.63) is 0 Å². The zero-order valence-electron chi connectivity index (χ0n) is 8.59. The summed E-state index contributed by atoms with van der Waals surface area (Å²) in [5.41, 5.74) is 0. The highest BCUT2D eigenvalue weighted by Gasteiger charge is 2.33. The fraction of sp³-hybridized carbons (Fsp3) is 1.00. The minimum Gasteiger partial charge on any atom is -0.0622 e. The Morgan fingerprint density at radius 2 is 1.00 bits per heavy atom. The van der Waals surface area contributed by atoms with E-state index in [4.69, 9.17) is 0 Å². The lowest BCUT2D eigenvalue weighted by Crippen LogP contribution is -2.33. The van der Waals surface area contributed by atoms with Crippen molar-refractivity contribution < 1.29 is 0 Å². The molecular formula is C11H22. The molecule has 1 rings (SSSR count). The van der Waals surface area contributed by atoms with Crippen LogP contribution in [0, 0.1) is 29.6 Å². The topological polar surface area (TPSA) is 0 Å². The van der Waals surface area contributed by atoms with Crippen LogP contribution in [0.5, 0.6) is 0 Å². The minimum absolute atomic E-state index is 0.925. The average Bonchev–Trinajstić information content (AvgIpc) is 1.97. The summed E-state index contributed by atoms with van der Waals surface area (Å²) in [6.07, 6.45) is 1.44. The molecule has 11 heavy (non-hydrogen) atoms. The summed E-state index contributed by atoms with van der Waals surface area (Å²) >= 11 is 0. The van der Waals surface area contributed by atoms with Gasteiger partial charge >= 0.3 is 0 Å². The van der Waals surface area contributed by atoms with Crippen LogP contribution < -0.4 is 0 Å². The molecule has 0 bridgehead atoms. The van der Waals surface area contributed by atoms with Crippen LogP contribution in [-0.2, 0) is 0 Å². The highest BCUT2D eigenvalue weighted by molar-refractivity contribution is 4.82. The van der Waals surface area contributed by atoms with Crippen molar-refractivity contribution in [3.8, 4) is 0 Å². The molecule has 0 aromatic heterocycles. The minimum atomic E-state index is 0.925. The van der Waals surface area contributed by atoms with Gasteiger partial charge in [0.2, 0.25) is 0 Å². The van der Waals surface area contributed by atoms with Gasteiger partial charge in [-0.25, -0.2) is 0 Å². The fourth-order valence-corrected chi connectivity index (χ4v) is 2.53. The van der Waals surface area contributed by atoms with Crippen LogP contribution in [-0.4, -0.2) is 0 Å². The smallest absolute Gasteiger partial charge is 0.0386 e. The highest BCUT2D eigenvalue weighted by atomic mass is 14.4. The maximum atomic E-state index is 2.42.